The van der Waals surface area contributed by atoms with Gasteiger partial charge in [0.25, 0.3) is 0 Å². The molecule has 41 heavy (non-hydrogen) atoms. The van der Waals surface area contributed by atoms with Crippen molar-refractivity contribution < 1.29 is 18.7 Å². The number of amides is 1. The number of imidazole rings is 1. The van der Waals surface area contributed by atoms with Gasteiger partial charge in [0.05, 0.1) is 54.7 Å². The second kappa shape index (κ2) is 11.1. The second-order valence-corrected chi connectivity index (χ2v) is 10.8. The zero-order valence-electron chi connectivity index (χ0n) is 22.9. The molecular weight excluding hydrogens is 551 g/mol. The first-order chi connectivity index (χ1) is 19.8. The lowest BCUT2D eigenvalue weighted by Crippen LogP contribution is -2.60. The first kappa shape index (κ1) is 27.2. The Morgan fingerprint density at radius 1 is 1.17 bits per heavy atom. The van der Waals surface area contributed by atoms with E-state index in [4.69, 9.17) is 21.1 Å². The molecule has 0 aliphatic carbocycles. The molecule has 6 rings (SSSR count). The third-order valence-corrected chi connectivity index (χ3v) is 7.56. The van der Waals surface area contributed by atoms with E-state index in [1.807, 2.05) is 18.2 Å². The number of hydrogen-bond acceptors (Lipinski definition) is 9. The molecule has 11 nitrogen and oxygen atoms in total. The Kier molecular flexibility index (Phi) is 7.37. The van der Waals surface area contributed by atoms with Crippen LogP contribution in [0.1, 0.15) is 0 Å². The lowest BCUT2D eigenvalue weighted by atomic mass is 10.1. The van der Waals surface area contributed by atoms with Crippen LogP contribution in [0.15, 0.2) is 48.9 Å². The van der Waals surface area contributed by atoms with E-state index in [1.165, 1.54) is 18.5 Å². The number of ether oxygens (including phenoxy) is 2. The molecule has 2 aliphatic heterocycles. The molecule has 4 aromatic rings. The largest absolute Gasteiger partial charge is 0.494 e. The molecule has 2 unspecified atom stereocenters. The van der Waals surface area contributed by atoms with Crippen LogP contribution in [-0.2, 0) is 9.53 Å². The number of hydrogen-bond donors (Lipinski definition) is 1. The summed E-state index contributed by atoms with van der Waals surface area (Å²) in [6, 6.07) is 8.86. The van der Waals surface area contributed by atoms with Gasteiger partial charge >= 0.3 is 0 Å². The Bertz CT molecular complexity index is 1580. The highest BCUT2D eigenvalue weighted by molar-refractivity contribution is 6.32. The number of likely N-dealkylation sites (N-methyl/N-ethyl adjacent to an activating group) is 1. The van der Waals surface area contributed by atoms with Crippen molar-refractivity contribution in [2.75, 3.05) is 64.1 Å². The molecule has 13 heteroatoms. The molecule has 0 radical (unpaired) electrons. The van der Waals surface area contributed by atoms with Gasteiger partial charge in [-0.15, -0.1) is 0 Å². The van der Waals surface area contributed by atoms with Gasteiger partial charge in [0, 0.05) is 58.2 Å². The number of nitrogens with one attached hydrogen (secondary N) is 1. The molecule has 2 fully saturated rings. The smallest absolute Gasteiger partial charge is 0.236 e. The highest BCUT2D eigenvalue weighted by Gasteiger charge is 2.36. The van der Waals surface area contributed by atoms with Gasteiger partial charge in [-0.25, -0.2) is 19.3 Å². The number of rotatable bonds is 7. The average molecular weight is 581 g/mol. The lowest BCUT2D eigenvalue weighted by molar-refractivity contribution is -0.135. The number of anilines is 3. The molecule has 0 saturated carbocycles. The summed E-state index contributed by atoms with van der Waals surface area (Å²) in [5.74, 6) is 0.580. The number of aromatic nitrogens is 4. The van der Waals surface area contributed by atoms with Crippen LogP contribution < -0.4 is 15.0 Å². The summed E-state index contributed by atoms with van der Waals surface area (Å²) < 4.78 is 27.7. The van der Waals surface area contributed by atoms with Crippen molar-refractivity contribution in [2.45, 2.75) is 12.2 Å². The molecule has 2 atom stereocenters. The number of methoxy groups -OCH3 is 1. The van der Waals surface area contributed by atoms with Crippen LogP contribution in [0.5, 0.6) is 5.75 Å². The van der Waals surface area contributed by atoms with Crippen molar-refractivity contribution >= 4 is 40.5 Å². The third-order valence-electron chi connectivity index (χ3n) is 7.29. The Hall–Kier alpha value is -4.00. The van der Waals surface area contributed by atoms with Crippen LogP contribution in [0, 0.1) is 5.82 Å². The highest BCUT2D eigenvalue weighted by Crippen LogP contribution is 2.34. The Balaban J connectivity index is 1.19. The molecule has 214 valence electrons. The van der Waals surface area contributed by atoms with Crippen molar-refractivity contribution in [1.29, 1.82) is 0 Å². The minimum atomic E-state index is -0.437. The average Bonchev–Trinajstić information content (AvgIpc) is 3.39. The van der Waals surface area contributed by atoms with E-state index in [2.05, 4.69) is 30.1 Å². The molecule has 0 spiro atoms. The fourth-order valence-electron chi connectivity index (χ4n) is 5.31. The van der Waals surface area contributed by atoms with E-state index in [9.17, 15) is 9.18 Å². The van der Waals surface area contributed by atoms with E-state index in [0.717, 1.165) is 5.69 Å². The van der Waals surface area contributed by atoms with Gasteiger partial charge in [0.1, 0.15) is 11.4 Å². The number of benzene rings is 1. The van der Waals surface area contributed by atoms with E-state index in [0.29, 0.717) is 66.5 Å². The molecule has 2 bridgehead atoms. The molecule has 2 aliphatic rings. The molecular formula is C28H30ClFN8O3. The summed E-state index contributed by atoms with van der Waals surface area (Å²) in [5.41, 5.74) is 2.83. The number of nitrogens with zero attached hydrogens (tertiary/aromatic N) is 7. The second-order valence-electron chi connectivity index (χ2n) is 10.4. The van der Waals surface area contributed by atoms with E-state index in [1.54, 1.807) is 42.8 Å². The predicted molar refractivity (Wildman–Crippen MR) is 153 cm³/mol. The number of morpholine rings is 2. The fourth-order valence-corrected chi connectivity index (χ4v) is 5.50. The molecule has 3 aromatic heterocycles. The highest BCUT2D eigenvalue weighted by atomic mass is 35.5. The Morgan fingerprint density at radius 3 is 2.68 bits per heavy atom. The van der Waals surface area contributed by atoms with Crippen LogP contribution in [0.25, 0.3) is 17.0 Å². The molecule has 5 heterocycles. The lowest BCUT2D eigenvalue weighted by Gasteiger charge is -2.46. The summed E-state index contributed by atoms with van der Waals surface area (Å²) in [5, 5.41) is 3.53. The van der Waals surface area contributed by atoms with Gasteiger partial charge in [-0.05, 0) is 24.3 Å². The zero-order chi connectivity index (χ0) is 28.7. The van der Waals surface area contributed by atoms with Gasteiger partial charge in [0.15, 0.2) is 11.5 Å². The van der Waals surface area contributed by atoms with Gasteiger partial charge < -0.3 is 24.6 Å². The fraction of sp³-hybridized carbons (Fsp3) is 0.357. The van der Waals surface area contributed by atoms with Crippen LogP contribution >= 0.6 is 11.6 Å². The topological polar surface area (TPSA) is 100 Å². The summed E-state index contributed by atoms with van der Waals surface area (Å²) in [6.45, 7) is 3.24. The number of pyridine rings is 1. The van der Waals surface area contributed by atoms with Crippen molar-refractivity contribution in [1.82, 2.24) is 29.2 Å². The molecule has 2 saturated heterocycles. The van der Waals surface area contributed by atoms with Gasteiger partial charge in [0.2, 0.25) is 11.9 Å². The first-order valence-electron chi connectivity index (χ1n) is 13.2. The minimum Gasteiger partial charge on any atom is -0.494 e. The predicted octanol–water partition coefficient (Wildman–Crippen LogP) is 3.31. The first-order valence-corrected chi connectivity index (χ1v) is 13.6. The van der Waals surface area contributed by atoms with E-state index >= 15 is 0 Å². The summed E-state index contributed by atoms with van der Waals surface area (Å²) in [6.07, 6.45) is 4.75. The minimum absolute atomic E-state index is 0.00949. The molecule has 1 N–H and O–H groups in total. The van der Waals surface area contributed by atoms with Crippen LogP contribution in [0.3, 0.4) is 0 Å². The van der Waals surface area contributed by atoms with Gasteiger partial charge in [-0.2, -0.15) is 0 Å². The standard InChI is InChI=1S/C28H30ClFN8O3/c1-35(2)25(39)16-36-12-18-14-37(15-19(13-36)41-18)17-6-7-22(24(9-17)40-3)33-28-32-10-20(29)26(34-28)23-11-31-27-21(30)5-4-8-38(23)27/h4-11,18-19H,12-16H2,1-3H3,(H,32,33,34). The van der Waals surface area contributed by atoms with E-state index in [-0.39, 0.29) is 23.8 Å². The normalized spacial score (nSPS) is 18.9. The molecule has 1 amide bonds. The quantitative estimate of drug-likeness (QED) is 0.353. The monoisotopic (exact) mass is 580 g/mol. The van der Waals surface area contributed by atoms with Crippen LogP contribution in [-0.4, -0.2) is 101 Å². The van der Waals surface area contributed by atoms with Crippen LogP contribution in [0.4, 0.5) is 21.7 Å². The third kappa shape index (κ3) is 5.50. The maximum atomic E-state index is 14.2. The van der Waals surface area contributed by atoms with Gasteiger partial charge in [-0.3, -0.25) is 14.1 Å². The number of fused-ring (bicyclic) bond motifs is 3. The van der Waals surface area contributed by atoms with Crippen molar-refractivity contribution in [3.63, 3.8) is 0 Å². The van der Waals surface area contributed by atoms with Crippen LogP contribution in [0.2, 0.25) is 5.02 Å². The Morgan fingerprint density at radius 2 is 1.95 bits per heavy atom. The maximum absolute atomic E-state index is 14.2. The SMILES string of the molecule is COc1cc(N2CC3CN(CC(=O)N(C)C)CC(C2)O3)ccc1Nc1ncc(Cl)c(-c2cnc3c(F)cccn23)n1. The van der Waals surface area contributed by atoms with Gasteiger partial charge in [-0.1, -0.05) is 11.6 Å². The zero-order valence-corrected chi connectivity index (χ0v) is 23.7. The Labute approximate surface area is 241 Å². The molecule has 1 aromatic carbocycles. The maximum Gasteiger partial charge on any atom is 0.236 e. The summed E-state index contributed by atoms with van der Waals surface area (Å²) in [7, 11) is 5.16. The number of halogens is 2. The number of carbonyl (C=O) groups is 1. The van der Waals surface area contributed by atoms with Crippen molar-refractivity contribution in [3.05, 3.63) is 59.8 Å². The number of carbonyl (C=O) groups excluding carboxylic acids is 1. The van der Waals surface area contributed by atoms with Crippen molar-refractivity contribution in [3.8, 4) is 17.1 Å². The van der Waals surface area contributed by atoms with Crippen molar-refractivity contribution in [2.24, 2.45) is 0 Å². The summed E-state index contributed by atoms with van der Waals surface area (Å²) in [4.78, 5) is 31.4. The van der Waals surface area contributed by atoms with E-state index < -0.39 is 5.82 Å². The summed E-state index contributed by atoms with van der Waals surface area (Å²) >= 11 is 6.43.